The van der Waals surface area contributed by atoms with Crippen molar-refractivity contribution in [1.82, 2.24) is 5.43 Å². The zero-order valence-electron chi connectivity index (χ0n) is 22.4. The monoisotopic (exact) mass is 605 g/mol. The number of allylic oxidation sites excluding steroid dienone is 9. The van der Waals surface area contributed by atoms with E-state index in [1.807, 2.05) is 24.3 Å². The molecule has 0 aliphatic heterocycles. The van der Waals surface area contributed by atoms with Crippen LogP contribution in [0.5, 0.6) is 0 Å². The molecule has 0 heterocycles. The Hall–Kier alpha value is -4.66. The average molecular weight is 606 g/mol. The van der Waals surface area contributed by atoms with Crippen LogP contribution in [-0.2, 0) is 24.5 Å². The molecule has 2 aromatic rings. The summed E-state index contributed by atoms with van der Waals surface area (Å²) < 4.78 is 34.1. The van der Waals surface area contributed by atoms with Crippen LogP contribution in [0.4, 0.5) is 11.4 Å². The van der Waals surface area contributed by atoms with E-state index in [9.17, 15) is 27.4 Å². The third-order valence-corrected chi connectivity index (χ3v) is 7.10. The van der Waals surface area contributed by atoms with Crippen LogP contribution in [0.3, 0.4) is 0 Å². The SMILES string of the molecule is N=C1C=CC2=CC(S(=O)(=O)[O-])=CC(=O)C2=C1NNc1ccc(-c2ccc(N/N=C3\C=CC(=O)C(C(=O)O)=C3)cc2)cc1.[Na+]. The third-order valence-electron chi connectivity index (χ3n) is 6.29. The Kier molecular flexibility index (Phi) is 9.23. The Bertz CT molecular complexity index is 1880. The molecule has 2 aromatic carbocycles. The zero-order chi connectivity index (χ0) is 30.0. The van der Waals surface area contributed by atoms with Crippen LogP contribution in [0.25, 0.3) is 11.1 Å². The van der Waals surface area contributed by atoms with E-state index >= 15 is 0 Å². The van der Waals surface area contributed by atoms with E-state index in [1.54, 1.807) is 24.3 Å². The van der Waals surface area contributed by atoms with Crippen LogP contribution in [0, 0.1) is 5.41 Å². The smallest absolute Gasteiger partial charge is 0.744 e. The molecule has 210 valence electrons. The number of fused-ring (bicyclic) bond motifs is 1. The standard InChI is InChI=1S/C29H21N5O7S.Na/c30-24-11-5-18-13-22(42(39,40)41)15-26(36)27(18)28(24)34-32-20-8-3-17(4-9-20)16-1-6-19(7-2-16)31-33-21-10-12-25(35)23(14-21)29(37)38;/h1-15,30-32,34H,(H,37,38)(H,39,40,41);/q;+1/p-1/b30-24?,33-21+;. The molecule has 5 rings (SSSR count). The van der Waals surface area contributed by atoms with Gasteiger partial charge in [0.25, 0.3) is 0 Å². The Balaban J connectivity index is 0.00000423. The minimum atomic E-state index is -4.81. The van der Waals surface area contributed by atoms with E-state index in [2.05, 4.69) is 21.4 Å². The molecular weight excluding hydrogens is 585 g/mol. The number of carbonyl (C=O) groups excluding carboxylic acids is 2. The summed E-state index contributed by atoms with van der Waals surface area (Å²) >= 11 is 0. The Labute approximate surface area is 267 Å². The number of aliphatic carboxylic acids is 1. The first-order valence-electron chi connectivity index (χ1n) is 12.2. The predicted molar refractivity (Wildman–Crippen MR) is 154 cm³/mol. The van der Waals surface area contributed by atoms with E-state index < -0.39 is 32.6 Å². The van der Waals surface area contributed by atoms with Crippen molar-refractivity contribution in [2.75, 3.05) is 10.9 Å². The maximum absolute atomic E-state index is 12.6. The van der Waals surface area contributed by atoms with Gasteiger partial charge in [-0.3, -0.25) is 25.8 Å². The summed E-state index contributed by atoms with van der Waals surface area (Å²) in [6.07, 6.45) is 8.41. The molecule has 0 aromatic heterocycles. The fourth-order valence-corrected chi connectivity index (χ4v) is 4.70. The molecule has 3 aliphatic carbocycles. The maximum Gasteiger partial charge on any atom is 1.00 e. The number of carboxylic acid groups (broad SMARTS) is 1. The third kappa shape index (κ3) is 7.05. The number of ketones is 2. The maximum atomic E-state index is 12.6. The summed E-state index contributed by atoms with van der Waals surface area (Å²) in [4.78, 5) is 34.7. The summed E-state index contributed by atoms with van der Waals surface area (Å²) in [5, 5.41) is 21.4. The summed E-state index contributed by atoms with van der Waals surface area (Å²) in [7, 11) is -4.81. The second-order valence-electron chi connectivity index (χ2n) is 9.08. The number of carbonyl (C=O) groups is 3. The summed E-state index contributed by atoms with van der Waals surface area (Å²) in [5.74, 6) is -2.62. The van der Waals surface area contributed by atoms with E-state index in [1.165, 1.54) is 24.3 Å². The van der Waals surface area contributed by atoms with Crippen LogP contribution in [0.2, 0.25) is 0 Å². The van der Waals surface area contributed by atoms with Gasteiger partial charge in [0, 0.05) is 6.08 Å². The minimum Gasteiger partial charge on any atom is -0.744 e. The number of nitrogens with one attached hydrogen (secondary N) is 4. The molecule has 43 heavy (non-hydrogen) atoms. The van der Waals surface area contributed by atoms with Crippen molar-refractivity contribution in [3.05, 3.63) is 118 Å². The van der Waals surface area contributed by atoms with Gasteiger partial charge >= 0.3 is 35.5 Å². The molecule has 0 bridgehead atoms. The largest absolute Gasteiger partial charge is 1.00 e. The van der Waals surface area contributed by atoms with E-state index in [4.69, 9.17) is 10.5 Å². The number of hydrogen-bond acceptors (Lipinski definition) is 11. The van der Waals surface area contributed by atoms with Crippen LogP contribution in [0.1, 0.15) is 0 Å². The molecule has 3 aliphatic rings. The van der Waals surface area contributed by atoms with Gasteiger partial charge in [0.15, 0.2) is 11.6 Å². The summed E-state index contributed by atoms with van der Waals surface area (Å²) in [5.41, 5.74) is 12.0. The van der Waals surface area contributed by atoms with Crippen molar-refractivity contribution < 1.29 is 62.0 Å². The molecule has 14 heteroatoms. The van der Waals surface area contributed by atoms with Crippen LogP contribution in [0.15, 0.2) is 123 Å². The molecule has 0 amide bonds. The van der Waals surface area contributed by atoms with Crippen molar-refractivity contribution in [3.63, 3.8) is 0 Å². The molecule has 5 N–H and O–H groups in total. The van der Waals surface area contributed by atoms with Gasteiger partial charge < -0.3 is 15.1 Å². The van der Waals surface area contributed by atoms with E-state index in [0.717, 1.165) is 29.4 Å². The number of hydrazine groups is 1. The van der Waals surface area contributed by atoms with Crippen molar-refractivity contribution in [2.45, 2.75) is 0 Å². The van der Waals surface area contributed by atoms with Crippen LogP contribution in [-0.4, -0.2) is 47.0 Å². The molecule has 0 spiro atoms. The average Bonchev–Trinajstić information content (AvgIpc) is 2.96. The minimum absolute atomic E-state index is 0. The Morgan fingerprint density at radius 2 is 1.44 bits per heavy atom. The molecule has 0 saturated heterocycles. The van der Waals surface area contributed by atoms with E-state index in [-0.39, 0.29) is 57.7 Å². The normalized spacial score (nSPS) is 17.0. The fourth-order valence-electron chi connectivity index (χ4n) is 4.18. The number of benzene rings is 2. The van der Waals surface area contributed by atoms with Crippen LogP contribution >= 0.6 is 0 Å². The molecule has 0 saturated carbocycles. The number of hydrogen-bond donors (Lipinski definition) is 5. The van der Waals surface area contributed by atoms with Gasteiger partial charge in [-0.25, -0.2) is 13.2 Å². The Morgan fingerprint density at radius 3 is 2.05 bits per heavy atom. The number of rotatable bonds is 8. The first-order valence-corrected chi connectivity index (χ1v) is 13.6. The number of carboxylic acids is 1. The quantitative estimate of drug-likeness (QED) is 0.0895. The van der Waals surface area contributed by atoms with Gasteiger partial charge in [-0.15, -0.1) is 0 Å². The predicted octanol–water partition coefficient (Wildman–Crippen LogP) is -0.0262. The molecule has 0 radical (unpaired) electrons. The van der Waals surface area contributed by atoms with Crippen LogP contribution < -0.4 is 45.8 Å². The van der Waals surface area contributed by atoms with Gasteiger partial charge in [-0.1, -0.05) is 30.3 Å². The van der Waals surface area contributed by atoms with Crippen molar-refractivity contribution in [3.8, 4) is 11.1 Å². The molecule has 0 unspecified atom stereocenters. The molecule has 0 atom stereocenters. The molecule has 0 fully saturated rings. The number of nitrogens with zero attached hydrogens (tertiary/aromatic N) is 1. The Morgan fingerprint density at radius 1 is 0.814 bits per heavy atom. The van der Waals surface area contributed by atoms with Gasteiger partial charge in [0.2, 0.25) is 0 Å². The first kappa shape index (κ1) is 31.3. The van der Waals surface area contributed by atoms with Crippen molar-refractivity contribution in [1.29, 1.82) is 5.41 Å². The van der Waals surface area contributed by atoms with Gasteiger partial charge in [0.1, 0.15) is 15.7 Å². The number of anilines is 2. The second kappa shape index (κ2) is 12.7. The van der Waals surface area contributed by atoms with Gasteiger partial charge in [-0.2, -0.15) is 5.10 Å². The second-order valence-corrected chi connectivity index (χ2v) is 10.5. The van der Waals surface area contributed by atoms with Gasteiger partial charge in [-0.05, 0) is 71.3 Å². The molecule has 12 nitrogen and oxygen atoms in total. The topological polar surface area (TPSA) is 201 Å². The summed E-state index contributed by atoms with van der Waals surface area (Å²) in [6.45, 7) is 0. The van der Waals surface area contributed by atoms with Gasteiger partial charge in [0.05, 0.1) is 39.0 Å². The van der Waals surface area contributed by atoms with E-state index in [0.29, 0.717) is 17.1 Å². The summed E-state index contributed by atoms with van der Waals surface area (Å²) in [6, 6.07) is 14.5. The fraction of sp³-hybridized carbons (Fsp3) is 0. The zero-order valence-corrected chi connectivity index (χ0v) is 25.2. The molecular formula is C29H20N5NaO7S. The van der Waals surface area contributed by atoms with Crippen molar-refractivity contribution in [2.24, 2.45) is 5.10 Å². The first-order chi connectivity index (χ1) is 20.0. The number of hydrazone groups is 1. The van der Waals surface area contributed by atoms with Crippen molar-refractivity contribution >= 4 is 50.5 Å².